The lowest BCUT2D eigenvalue weighted by molar-refractivity contribution is -0.184. The molecule has 13 heteroatoms. The Balaban J connectivity index is 1.57. The van der Waals surface area contributed by atoms with Gasteiger partial charge >= 0.3 is 24.1 Å². The lowest BCUT2D eigenvalue weighted by Gasteiger charge is -2.33. The largest absolute Gasteiger partial charge is 0.465 e. The standard InChI is InChI=1S/C38H41F3N2O8/c1-5-49-35(47)37(36(48)50-6-2,26-11-7-8-12-26)23-51-32(44)22-24-15-20-31(30(21-24)34(46)43(3)4)42-33(45)29-14-10-9-13-28(29)25-16-18-27(19-17-25)38(39,40)41/h9-10,13-21,26H,5-8,11-12,22-23H2,1-4H3,(H,42,45). The number of benzene rings is 3. The lowest BCUT2D eigenvalue weighted by Crippen LogP contribution is -2.51. The molecule has 0 radical (unpaired) electrons. The molecule has 3 aromatic rings. The number of hydrogen-bond donors (Lipinski definition) is 1. The second-order valence-corrected chi connectivity index (χ2v) is 12.4. The lowest BCUT2D eigenvalue weighted by atomic mass is 9.74. The van der Waals surface area contributed by atoms with E-state index in [1.54, 1.807) is 32.0 Å². The van der Waals surface area contributed by atoms with Crippen molar-refractivity contribution in [2.45, 2.75) is 52.1 Å². The van der Waals surface area contributed by atoms with Crippen molar-refractivity contribution in [3.8, 4) is 11.1 Å². The molecule has 0 aromatic heterocycles. The molecule has 1 saturated carbocycles. The number of hydrogen-bond acceptors (Lipinski definition) is 8. The molecular formula is C38H41F3N2O8. The van der Waals surface area contributed by atoms with Crippen LogP contribution in [0.5, 0.6) is 0 Å². The second kappa shape index (κ2) is 16.7. The molecule has 0 bridgehead atoms. The summed E-state index contributed by atoms with van der Waals surface area (Å²) in [7, 11) is 3.03. The average molecular weight is 711 g/mol. The van der Waals surface area contributed by atoms with Crippen LogP contribution in [0, 0.1) is 11.3 Å². The number of nitrogens with zero attached hydrogens (tertiary/aromatic N) is 1. The topological polar surface area (TPSA) is 128 Å². The maximum Gasteiger partial charge on any atom is 0.416 e. The van der Waals surface area contributed by atoms with E-state index in [1.807, 2.05) is 0 Å². The quantitative estimate of drug-likeness (QED) is 0.118. The fourth-order valence-corrected chi connectivity index (χ4v) is 6.19. The van der Waals surface area contributed by atoms with E-state index in [2.05, 4.69) is 5.32 Å². The number of esters is 3. The summed E-state index contributed by atoms with van der Waals surface area (Å²) in [6.45, 7) is 2.71. The van der Waals surface area contributed by atoms with Gasteiger partial charge in [-0.2, -0.15) is 13.2 Å². The first kappa shape index (κ1) is 38.6. The second-order valence-electron chi connectivity index (χ2n) is 12.4. The Morgan fingerprint density at radius 3 is 1.98 bits per heavy atom. The molecule has 272 valence electrons. The molecule has 1 fully saturated rings. The highest BCUT2D eigenvalue weighted by molar-refractivity contribution is 6.12. The van der Waals surface area contributed by atoms with Crippen molar-refractivity contribution in [3.05, 3.63) is 89.0 Å². The van der Waals surface area contributed by atoms with Crippen LogP contribution >= 0.6 is 0 Å². The predicted molar refractivity (Wildman–Crippen MR) is 182 cm³/mol. The summed E-state index contributed by atoms with van der Waals surface area (Å²) in [5.74, 6) is -3.91. The van der Waals surface area contributed by atoms with E-state index >= 15 is 0 Å². The summed E-state index contributed by atoms with van der Waals surface area (Å²) in [5.41, 5.74) is -1.18. The zero-order valence-corrected chi connectivity index (χ0v) is 28.9. The molecule has 0 spiro atoms. The zero-order valence-electron chi connectivity index (χ0n) is 28.9. The minimum atomic E-state index is -4.51. The van der Waals surface area contributed by atoms with Crippen LogP contribution in [0.3, 0.4) is 0 Å². The molecule has 0 aliphatic heterocycles. The normalized spacial score (nSPS) is 13.3. The van der Waals surface area contributed by atoms with E-state index in [1.165, 1.54) is 55.4 Å². The molecular weight excluding hydrogens is 669 g/mol. The number of rotatable bonds is 13. The van der Waals surface area contributed by atoms with Crippen LogP contribution in [-0.4, -0.2) is 68.5 Å². The van der Waals surface area contributed by atoms with Crippen LogP contribution in [0.4, 0.5) is 18.9 Å². The predicted octanol–water partition coefficient (Wildman–Crippen LogP) is 6.72. The first-order valence-corrected chi connectivity index (χ1v) is 16.7. The van der Waals surface area contributed by atoms with Crippen molar-refractivity contribution in [3.63, 3.8) is 0 Å². The number of nitrogens with one attached hydrogen (secondary N) is 1. The summed E-state index contributed by atoms with van der Waals surface area (Å²) in [4.78, 5) is 67.9. The Morgan fingerprint density at radius 2 is 1.41 bits per heavy atom. The van der Waals surface area contributed by atoms with E-state index in [9.17, 15) is 37.1 Å². The zero-order chi connectivity index (χ0) is 37.3. The van der Waals surface area contributed by atoms with Gasteiger partial charge in [0.2, 0.25) is 5.41 Å². The van der Waals surface area contributed by atoms with Crippen LogP contribution in [0.25, 0.3) is 11.1 Å². The van der Waals surface area contributed by atoms with Gasteiger partial charge in [0.1, 0.15) is 6.61 Å². The van der Waals surface area contributed by atoms with E-state index in [0.717, 1.165) is 25.0 Å². The monoisotopic (exact) mass is 710 g/mol. The van der Waals surface area contributed by atoms with Crippen LogP contribution < -0.4 is 5.32 Å². The summed E-state index contributed by atoms with van der Waals surface area (Å²) in [5, 5.41) is 2.73. The molecule has 4 rings (SSSR count). The first-order valence-electron chi connectivity index (χ1n) is 16.7. The van der Waals surface area contributed by atoms with Gasteiger partial charge in [0.15, 0.2) is 0 Å². The van der Waals surface area contributed by atoms with E-state index in [0.29, 0.717) is 29.5 Å². The Kier molecular flexibility index (Phi) is 12.6. The number of carbonyl (C=O) groups excluding carboxylic acids is 5. The summed E-state index contributed by atoms with van der Waals surface area (Å²) < 4.78 is 55.5. The molecule has 1 aliphatic carbocycles. The van der Waals surface area contributed by atoms with Gasteiger partial charge < -0.3 is 24.4 Å². The number of anilines is 1. The average Bonchev–Trinajstić information content (AvgIpc) is 3.64. The van der Waals surface area contributed by atoms with Gasteiger partial charge in [-0.15, -0.1) is 0 Å². The summed E-state index contributed by atoms with van der Waals surface area (Å²) in [6, 6.07) is 15.2. The van der Waals surface area contributed by atoms with Crippen LogP contribution in [0.2, 0.25) is 0 Å². The van der Waals surface area contributed by atoms with Crippen LogP contribution in [-0.2, 0) is 41.2 Å². The number of carbonyl (C=O) groups is 5. The molecule has 2 amide bonds. The maximum absolute atomic E-state index is 13.6. The van der Waals surface area contributed by atoms with Gasteiger partial charge in [-0.25, -0.2) is 0 Å². The highest BCUT2D eigenvalue weighted by atomic mass is 19.4. The van der Waals surface area contributed by atoms with Gasteiger partial charge in [-0.05, 0) is 79.6 Å². The molecule has 1 N–H and O–H groups in total. The Hall–Kier alpha value is -5.20. The van der Waals surface area contributed by atoms with Gasteiger partial charge in [-0.1, -0.05) is 49.2 Å². The number of ether oxygens (including phenoxy) is 3. The SMILES string of the molecule is CCOC(=O)C(COC(=O)Cc1ccc(NC(=O)c2ccccc2-c2ccc(C(F)(F)F)cc2)c(C(=O)N(C)C)c1)(C(=O)OCC)C1CCCC1. The van der Waals surface area contributed by atoms with Crippen molar-refractivity contribution in [2.24, 2.45) is 11.3 Å². The molecule has 10 nitrogen and oxygen atoms in total. The van der Waals surface area contributed by atoms with Crippen molar-refractivity contribution < 1.29 is 51.4 Å². The van der Waals surface area contributed by atoms with Crippen molar-refractivity contribution >= 4 is 35.4 Å². The fraction of sp³-hybridized carbons (Fsp3) is 0.395. The van der Waals surface area contributed by atoms with Gasteiger partial charge in [-0.3, -0.25) is 24.0 Å². The van der Waals surface area contributed by atoms with Gasteiger partial charge in [0, 0.05) is 19.7 Å². The van der Waals surface area contributed by atoms with Crippen LogP contribution in [0.1, 0.15) is 71.4 Å². The molecule has 3 aromatic carbocycles. The molecule has 1 aliphatic rings. The Labute approximate surface area is 294 Å². The summed E-state index contributed by atoms with van der Waals surface area (Å²) in [6.07, 6.45) is -2.12. The minimum absolute atomic E-state index is 0.0207. The Bertz CT molecular complexity index is 1730. The van der Waals surface area contributed by atoms with Crippen molar-refractivity contribution in [1.29, 1.82) is 0 Å². The molecule has 0 atom stereocenters. The molecule has 0 heterocycles. The van der Waals surface area contributed by atoms with E-state index in [-0.39, 0.29) is 36.4 Å². The highest BCUT2D eigenvalue weighted by Crippen LogP contribution is 2.43. The first-order chi connectivity index (χ1) is 24.2. The third-order valence-electron chi connectivity index (χ3n) is 8.80. The number of alkyl halides is 3. The molecule has 51 heavy (non-hydrogen) atoms. The summed E-state index contributed by atoms with van der Waals surface area (Å²) >= 11 is 0. The number of amides is 2. The minimum Gasteiger partial charge on any atom is -0.465 e. The highest BCUT2D eigenvalue weighted by Gasteiger charge is 2.56. The van der Waals surface area contributed by atoms with E-state index < -0.39 is 59.4 Å². The van der Waals surface area contributed by atoms with Gasteiger partial charge in [0.25, 0.3) is 11.8 Å². The van der Waals surface area contributed by atoms with Crippen LogP contribution in [0.15, 0.2) is 66.7 Å². The third kappa shape index (κ3) is 8.94. The maximum atomic E-state index is 13.6. The fourth-order valence-electron chi connectivity index (χ4n) is 6.19. The van der Waals surface area contributed by atoms with E-state index in [4.69, 9.17) is 14.2 Å². The smallest absolute Gasteiger partial charge is 0.416 e. The number of halogens is 3. The molecule has 0 unspecified atom stereocenters. The van der Waals surface area contributed by atoms with Crippen molar-refractivity contribution in [2.75, 3.05) is 39.2 Å². The molecule has 0 saturated heterocycles. The van der Waals surface area contributed by atoms with Gasteiger partial charge in [0.05, 0.1) is 36.4 Å². The third-order valence-corrected chi connectivity index (χ3v) is 8.80. The Morgan fingerprint density at radius 1 is 0.804 bits per heavy atom. The van der Waals surface area contributed by atoms with Crippen molar-refractivity contribution in [1.82, 2.24) is 4.90 Å².